The number of nitrogens with one attached hydrogen (secondary N) is 1. The first kappa shape index (κ1) is 46.9. The average molecular weight is 882 g/mol. The van der Waals surface area contributed by atoms with Crippen molar-refractivity contribution in [2.45, 2.75) is 129 Å². The van der Waals surface area contributed by atoms with Crippen molar-refractivity contribution in [2.24, 2.45) is 46.3 Å². The lowest BCUT2D eigenvalue weighted by atomic mass is 9.47. The van der Waals surface area contributed by atoms with E-state index < -0.39 is 17.8 Å². The number of hydrogen-bond donors (Lipinski definition) is 2. The molecule has 4 aliphatic rings. The fraction of sp³-hybridized carbons (Fsp3) is 0.534. The Morgan fingerprint density at radius 1 is 0.754 bits per heavy atom. The molecular weight excluding hydrogens is 807 g/mol. The third-order valence-electron chi connectivity index (χ3n) is 17.0. The number of benzene rings is 4. The number of allylic oxidation sites excluding steroid dienone is 1. The Morgan fingerprint density at radius 2 is 1.40 bits per heavy atom. The van der Waals surface area contributed by atoms with Crippen LogP contribution in [0.3, 0.4) is 0 Å². The van der Waals surface area contributed by atoms with Gasteiger partial charge in [-0.25, -0.2) is 4.79 Å². The van der Waals surface area contributed by atoms with Crippen LogP contribution in [0.1, 0.15) is 140 Å². The highest BCUT2D eigenvalue weighted by Crippen LogP contribution is 2.67. The van der Waals surface area contributed by atoms with Crippen LogP contribution < -0.4 is 14.8 Å². The van der Waals surface area contributed by atoms with Crippen LogP contribution in [0.25, 0.3) is 0 Å². The molecule has 3 saturated carbocycles. The quantitative estimate of drug-likeness (QED) is 0.0811. The number of carbonyl (C=O) groups is 1. The smallest absolute Gasteiger partial charge is 0.411 e. The zero-order valence-electron chi connectivity index (χ0n) is 40.2. The maximum absolute atomic E-state index is 13.3. The molecule has 0 aliphatic heterocycles. The van der Waals surface area contributed by atoms with Crippen molar-refractivity contribution >= 4 is 11.8 Å². The van der Waals surface area contributed by atoms with E-state index in [1.54, 1.807) is 14.2 Å². The van der Waals surface area contributed by atoms with Crippen LogP contribution in [0, 0.1) is 46.3 Å². The van der Waals surface area contributed by atoms with Gasteiger partial charge in [-0.05, 0) is 150 Å². The summed E-state index contributed by atoms with van der Waals surface area (Å²) in [5, 5.41) is 14.4. The maximum atomic E-state index is 13.3. The lowest BCUT2D eigenvalue weighted by Crippen LogP contribution is -2.51. The van der Waals surface area contributed by atoms with Gasteiger partial charge >= 0.3 is 6.09 Å². The molecular formula is C58H75NO6. The normalized spacial score (nSPS) is 27.1. The van der Waals surface area contributed by atoms with Crippen molar-refractivity contribution in [2.75, 3.05) is 26.1 Å². The summed E-state index contributed by atoms with van der Waals surface area (Å²) in [5.41, 5.74) is 5.46. The Labute approximate surface area is 389 Å². The van der Waals surface area contributed by atoms with E-state index >= 15 is 0 Å². The van der Waals surface area contributed by atoms with Gasteiger partial charge in [-0.15, -0.1) is 0 Å². The molecule has 4 aliphatic carbocycles. The Balaban J connectivity index is 0.865. The highest BCUT2D eigenvalue weighted by atomic mass is 16.6. The van der Waals surface area contributed by atoms with Crippen molar-refractivity contribution in [3.8, 4) is 11.5 Å². The topological polar surface area (TPSA) is 86.2 Å². The lowest BCUT2D eigenvalue weighted by molar-refractivity contribution is -0.0577. The second-order valence-corrected chi connectivity index (χ2v) is 21.0. The van der Waals surface area contributed by atoms with Crippen LogP contribution in [0.4, 0.5) is 10.5 Å². The highest BCUT2D eigenvalue weighted by Gasteiger charge is 2.59. The minimum atomic E-state index is -0.969. The summed E-state index contributed by atoms with van der Waals surface area (Å²) in [6.45, 7) is 12.8. The summed E-state index contributed by atoms with van der Waals surface area (Å²) in [6.07, 6.45) is 15.3. The first-order chi connectivity index (χ1) is 31.4. The summed E-state index contributed by atoms with van der Waals surface area (Å²) in [4.78, 5) is 13.3. The van der Waals surface area contributed by atoms with E-state index in [0.29, 0.717) is 17.5 Å². The van der Waals surface area contributed by atoms with Crippen molar-refractivity contribution in [3.63, 3.8) is 0 Å². The van der Waals surface area contributed by atoms with E-state index in [-0.39, 0.29) is 18.1 Å². The summed E-state index contributed by atoms with van der Waals surface area (Å²) < 4.78 is 24.1. The van der Waals surface area contributed by atoms with Crippen LogP contribution in [0.5, 0.6) is 11.5 Å². The van der Waals surface area contributed by atoms with Gasteiger partial charge in [-0.2, -0.15) is 0 Å². The zero-order valence-corrected chi connectivity index (χ0v) is 40.2. The van der Waals surface area contributed by atoms with Crippen LogP contribution >= 0.6 is 0 Å². The van der Waals surface area contributed by atoms with Gasteiger partial charge in [-0.1, -0.05) is 132 Å². The zero-order chi connectivity index (χ0) is 45.8. The molecule has 0 saturated heterocycles. The number of ether oxygens (including phenoxy) is 4. The molecule has 65 heavy (non-hydrogen) atoms. The summed E-state index contributed by atoms with van der Waals surface area (Å²) in [5.74, 6) is 6.36. The number of aliphatic hydroxyl groups is 1. The number of carbonyl (C=O) groups excluding carboxylic acids is 1. The number of amides is 1. The molecule has 0 heterocycles. The molecule has 7 nitrogen and oxygen atoms in total. The molecule has 3 fully saturated rings. The predicted molar refractivity (Wildman–Crippen MR) is 261 cm³/mol. The SMILES string of the molecule is COc1ccc(C(OCCC(O)c2ccc(NC(=O)O[C@@H]3CC[C@]4(C)C(=CCC5C4CC[C@]4(C)C5CC[C@H]4[C@@H](C)CCCC(C)C)C3)cc2)(c2ccccc2)c2ccc(OC)cc2)cc1. The Morgan fingerprint density at radius 3 is 2.03 bits per heavy atom. The van der Waals surface area contributed by atoms with Gasteiger partial charge in [0.05, 0.1) is 26.9 Å². The second kappa shape index (κ2) is 20.1. The number of rotatable bonds is 17. The Bertz CT molecular complexity index is 2150. The van der Waals surface area contributed by atoms with E-state index in [9.17, 15) is 9.90 Å². The second-order valence-electron chi connectivity index (χ2n) is 21.0. The number of aliphatic hydroxyl groups excluding tert-OH is 1. The van der Waals surface area contributed by atoms with E-state index in [1.807, 2.05) is 91.0 Å². The minimum Gasteiger partial charge on any atom is -0.497 e. The molecule has 4 aromatic rings. The van der Waals surface area contributed by atoms with Gasteiger partial charge in [0.1, 0.15) is 23.2 Å². The van der Waals surface area contributed by atoms with Crippen LogP contribution in [-0.2, 0) is 15.1 Å². The van der Waals surface area contributed by atoms with E-state index in [0.717, 1.165) is 88.5 Å². The van der Waals surface area contributed by atoms with Crippen LogP contribution in [0.2, 0.25) is 0 Å². The fourth-order valence-electron chi connectivity index (χ4n) is 13.4. The average Bonchev–Trinajstić information content (AvgIpc) is 3.68. The molecule has 4 unspecified atom stereocenters. The van der Waals surface area contributed by atoms with Gasteiger partial charge in [0.2, 0.25) is 0 Å². The van der Waals surface area contributed by atoms with Crippen molar-refractivity contribution in [3.05, 3.63) is 137 Å². The van der Waals surface area contributed by atoms with Crippen molar-refractivity contribution in [1.82, 2.24) is 0 Å². The molecule has 0 spiro atoms. The Hall–Kier alpha value is -4.59. The predicted octanol–water partition coefficient (Wildman–Crippen LogP) is 14.1. The minimum absolute atomic E-state index is 0.123. The van der Waals surface area contributed by atoms with Crippen LogP contribution in [-0.4, -0.2) is 38.1 Å². The highest BCUT2D eigenvalue weighted by molar-refractivity contribution is 5.84. The maximum Gasteiger partial charge on any atom is 0.411 e. The standard InChI is InChI=1S/C58H75NO6/c1-39(2)12-11-13-40(3)51-30-31-52-50-29-22-45-38-49(32-35-56(45,4)53(50)33-36-57(51,52)5)65-55(61)59-46-23-16-41(17-24-46)54(60)34-37-64-58(42-14-9-8-10-15-42,43-18-25-47(62-6)26-19-43)44-20-27-48(63-7)28-21-44/h8-10,14-28,39-40,49-54,60H,11-13,29-38H2,1-7H3,(H,59,61)/t40-,49+,50?,51-,52?,53?,54?,56+,57-/m0/s1. The van der Waals surface area contributed by atoms with E-state index in [4.69, 9.17) is 18.9 Å². The van der Waals surface area contributed by atoms with Crippen molar-refractivity contribution < 1.29 is 28.8 Å². The van der Waals surface area contributed by atoms with Gasteiger partial charge in [0, 0.05) is 18.5 Å². The Kier molecular flexibility index (Phi) is 14.5. The third kappa shape index (κ3) is 9.66. The van der Waals surface area contributed by atoms with Crippen LogP contribution in [0.15, 0.2) is 115 Å². The molecule has 4 aromatic carbocycles. The molecule has 7 heteroatoms. The number of methoxy groups -OCH3 is 2. The van der Waals surface area contributed by atoms with Gasteiger partial charge in [0.25, 0.3) is 0 Å². The summed E-state index contributed by atoms with van der Waals surface area (Å²) in [6, 6.07) is 33.4. The van der Waals surface area contributed by atoms with Gasteiger partial charge < -0.3 is 24.1 Å². The largest absolute Gasteiger partial charge is 0.497 e. The molecule has 348 valence electrons. The van der Waals surface area contributed by atoms with E-state index in [1.165, 1.54) is 56.9 Å². The van der Waals surface area contributed by atoms with Crippen molar-refractivity contribution in [1.29, 1.82) is 0 Å². The number of fused-ring (bicyclic) bond motifs is 5. The number of anilines is 1. The molecule has 8 rings (SSSR count). The molecule has 1 amide bonds. The molecule has 9 atom stereocenters. The van der Waals surface area contributed by atoms with Gasteiger partial charge in [-0.3, -0.25) is 5.32 Å². The molecule has 0 aromatic heterocycles. The fourth-order valence-corrected chi connectivity index (χ4v) is 13.4. The number of hydrogen-bond acceptors (Lipinski definition) is 6. The molecule has 0 bridgehead atoms. The first-order valence-corrected chi connectivity index (χ1v) is 24.8. The molecule has 2 N–H and O–H groups in total. The first-order valence-electron chi connectivity index (χ1n) is 24.8. The molecule has 0 radical (unpaired) electrons. The summed E-state index contributed by atoms with van der Waals surface area (Å²) >= 11 is 0. The monoisotopic (exact) mass is 882 g/mol. The van der Waals surface area contributed by atoms with Gasteiger partial charge in [0.15, 0.2) is 0 Å². The van der Waals surface area contributed by atoms with E-state index in [2.05, 4.69) is 58.1 Å². The third-order valence-corrected chi connectivity index (χ3v) is 17.0. The summed E-state index contributed by atoms with van der Waals surface area (Å²) in [7, 11) is 3.32. The lowest BCUT2D eigenvalue weighted by Gasteiger charge is -2.58.